The number of ketones is 1. The number of aliphatic hydroxyl groups is 2. The standard InChI is InChI=1S/C26H26O3.C2H4O2/c27-21-17-25(29)26(18-21,23-14-8-12-19-9-4-5-13-22(19)23)16-7-6-15-24(28)20-10-2-1-3-11-20;1-2(3)4/h1-5,7-14,16,24-25,28-29H,6,15,17-18H2;1H3,(H,3,4)/b16-7+;. The van der Waals surface area contributed by atoms with Gasteiger partial charge in [0.15, 0.2) is 0 Å². The number of aliphatic carboxylic acids is 1. The molecular weight excluding hydrogens is 416 g/mol. The lowest BCUT2D eigenvalue weighted by Gasteiger charge is -2.30. The summed E-state index contributed by atoms with van der Waals surface area (Å²) in [4.78, 5) is 21.3. The summed E-state index contributed by atoms with van der Waals surface area (Å²) in [6, 6.07) is 23.8. The second-order valence-electron chi connectivity index (χ2n) is 8.43. The molecule has 0 heterocycles. The molecule has 4 rings (SSSR count). The van der Waals surface area contributed by atoms with Crippen LogP contribution < -0.4 is 0 Å². The van der Waals surface area contributed by atoms with Gasteiger partial charge < -0.3 is 15.3 Å². The predicted molar refractivity (Wildman–Crippen MR) is 129 cm³/mol. The van der Waals surface area contributed by atoms with E-state index in [9.17, 15) is 15.0 Å². The van der Waals surface area contributed by atoms with Gasteiger partial charge in [0.2, 0.25) is 0 Å². The van der Waals surface area contributed by atoms with Crippen LogP contribution in [0, 0.1) is 0 Å². The van der Waals surface area contributed by atoms with Gasteiger partial charge in [0, 0.05) is 25.2 Å². The van der Waals surface area contributed by atoms with Crippen molar-refractivity contribution in [2.24, 2.45) is 0 Å². The third-order valence-corrected chi connectivity index (χ3v) is 6.00. The van der Waals surface area contributed by atoms with E-state index in [1.54, 1.807) is 0 Å². The van der Waals surface area contributed by atoms with Gasteiger partial charge in [0.25, 0.3) is 5.97 Å². The molecule has 0 bridgehead atoms. The van der Waals surface area contributed by atoms with Gasteiger partial charge >= 0.3 is 0 Å². The molecule has 1 aliphatic rings. The van der Waals surface area contributed by atoms with Crippen LogP contribution >= 0.6 is 0 Å². The van der Waals surface area contributed by atoms with E-state index in [1.165, 1.54) is 0 Å². The summed E-state index contributed by atoms with van der Waals surface area (Å²) in [5.74, 6) is -0.751. The maximum atomic E-state index is 12.3. The summed E-state index contributed by atoms with van der Waals surface area (Å²) in [6.07, 6.45) is 4.50. The van der Waals surface area contributed by atoms with Gasteiger partial charge in [-0.05, 0) is 34.7 Å². The third-order valence-electron chi connectivity index (χ3n) is 6.00. The molecule has 33 heavy (non-hydrogen) atoms. The van der Waals surface area contributed by atoms with Gasteiger partial charge in [-0.25, -0.2) is 0 Å². The van der Waals surface area contributed by atoms with E-state index in [1.807, 2.05) is 66.7 Å². The summed E-state index contributed by atoms with van der Waals surface area (Å²) in [7, 11) is 0. The molecule has 0 aliphatic heterocycles. The van der Waals surface area contributed by atoms with Crippen molar-refractivity contribution in [1.82, 2.24) is 0 Å². The smallest absolute Gasteiger partial charge is 0.300 e. The summed E-state index contributed by atoms with van der Waals surface area (Å²) >= 11 is 0. The Bertz CT molecular complexity index is 1110. The van der Waals surface area contributed by atoms with Gasteiger partial charge in [-0.15, -0.1) is 0 Å². The highest BCUT2D eigenvalue weighted by molar-refractivity contribution is 5.91. The van der Waals surface area contributed by atoms with E-state index in [4.69, 9.17) is 9.90 Å². The molecule has 0 amide bonds. The number of hydrogen-bond acceptors (Lipinski definition) is 4. The molecule has 1 saturated carbocycles. The van der Waals surface area contributed by atoms with Crippen LogP contribution in [0.2, 0.25) is 0 Å². The number of hydrogen-bond donors (Lipinski definition) is 3. The highest BCUT2D eigenvalue weighted by Crippen LogP contribution is 2.44. The lowest BCUT2D eigenvalue weighted by atomic mass is 9.74. The largest absolute Gasteiger partial charge is 0.481 e. The SMILES string of the molecule is CC(=O)O.O=C1CC(O)C(/C=C/CCC(O)c2ccccc2)(c2cccc3ccccc23)C1. The van der Waals surface area contributed by atoms with Crippen molar-refractivity contribution in [1.29, 1.82) is 0 Å². The molecule has 172 valence electrons. The number of carbonyl (C=O) groups is 2. The van der Waals surface area contributed by atoms with Crippen LogP contribution in [0.5, 0.6) is 0 Å². The highest BCUT2D eigenvalue weighted by atomic mass is 16.4. The average molecular weight is 447 g/mol. The molecule has 0 aromatic heterocycles. The van der Waals surface area contributed by atoms with Crippen LogP contribution in [0.25, 0.3) is 10.8 Å². The number of carboxylic acid groups (broad SMARTS) is 1. The van der Waals surface area contributed by atoms with E-state index in [0.29, 0.717) is 19.3 Å². The number of rotatable bonds is 6. The quantitative estimate of drug-likeness (QED) is 0.465. The Labute approximate surface area is 194 Å². The topological polar surface area (TPSA) is 94.8 Å². The third kappa shape index (κ3) is 5.95. The average Bonchev–Trinajstić information content (AvgIpc) is 3.10. The normalized spacial score (nSPS) is 21.1. The van der Waals surface area contributed by atoms with Crippen LogP contribution in [-0.4, -0.2) is 33.2 Å². The van der Waals surface area contributed by atoms with Crippen LogP contribution in [0.3, 0.4) is 0 Å². The first-order chi connectivity index (χ1) is 15.8. The Morgan fingerprint density at radius 2 is 1.70 bits per heavy atom. The predicted octanol–water partition coefficient (Wildman–Crippen LogP) is 4.96. The Morgan fingerprint density at radius 1 is 1.06 bits per heavy atom. The summed E-state index contributed by atoms with van der Waals surface area (Å²) < 4.78 is 0. The molecule has 3 aromatic rings. The molecule has 5 nitrogen and oxygen atoms in total. The maximum Gasteiger partial charge on any atom is 0.300 e. The molecule has 5 heteroatoms. The van der Waals surface area contributed by atoms with E-state index in [0.717, 1.165) is 28.8 Å². The van der Waals surface area contributed by atoms with Crippen LogP contribution in [0.15, 0.2) is 84.9 Å². The van der Waals surface area contributed by atoms with Crippen LogP contribution in [-0.2, 0) is 15.0 Å². The first-order valence-corrected chi connectivity index (χ1v) is 11.1. The number of carboxylic acids is 1. The molecule has 0 saturated heterocycles. The summed E-state index contributed by atoms with van der Waals surface area (Å²) in [6.45, 7) is 1.08. The molecule has 0 spiro atoms. The molecule has 3 unspecified atom stereocenters. The van der Waals surface area contributed by atoms with Crippen molar-refractivity contribution >= 4 is 22.5 Å². The number of carbonyl (C=O) groups excluding carboxylic acids is 1. The zero-order valence-corrected chi connectivity index (χ0v) is 18.7. The molecular formula is C28H30O5. The van der Waals surface area contributed by atoms with Crippen molar-refractivity contribution < 1.29 is 24.9 Å². The number of fused-ring (bicyclic) bond motifs is 1. The number of benzene rings is 3. The van der Waals surface area contributed by atoms with Crippen molar-refractivity contribution in [3.8, 4) is 0 Å². The number of allylic oxidation sites excluding steroid dienone is 1. The fraction of sp³-hybridized carbons (Fsp3) is 0.286. The maximum absolute atomic E-state index is 12.3. The number of Topliss-reactive ketones (excluding diaryl/α,β-unsaturated/α-hetero) is 1. The number of aliphatic hydroxyl groups excluding tert-OH is 2. The van der Waals surface area contributed by atoms with E-state index in [-0.39, 0.29) is 12.2 Å². The minimum atomic E-state index is -0.833. The molecule has 3 atom stereocenters. The molecule has 3 aromatic carbocycles. The molecule has 0 radical (unpaired) electrons. The van der Waals surface area contributed by atoms with Gasteiger partial charge in [0.1, 0.15) is 5.78 Å². The molecule has 1 fully saturated rings. The van der Waals surface area contributed by atoms with Crippen molar-refractivity contribution in [3.63, 3.8) is 0 Å². The second kappa shape index (κ2) is 11.0. The lowest BCUT2D eigenvalue weighted by Crippen LogP contribution is -2.33. The molecule has 3 N–H and O–H groups in total. The minimum absolute atomic E-state index is 0.0828. The Balaban J connectivity index is 0.000000709. The Hall–Kier alpha value is -3.28. The van der Waals surface area contributed by atoms with Crippen molar-refractivity contribution in [2.45, 2.75) is 50.2 Å². The van der Waals surface area contributed by atoms with E-state index < -0.39 is 23.6 Å². The fourth-order valence-electron chi connectivity index (χ4n) is 4.47. The minimum Gasteiger partial charge on any atom is -0.481 e. The van der Waals surface area contributed by atoms with Gasteiger partial charge in [-0.2, -0.15) is 0 Å². The monoisotopic (exact) mass is 446 g/mol. The Kier molecular flexibility index (Phi) is 8.15. The van der Waals surface area contributed by atoms with Gasteiger partial charge in [0.05, 0.1) is 12.2 Å². The lowest BCUT2D eigenvalue weighted by molar-refractivity contribution is -0.134. The van der Waals surface area contributed by atoms with Crippen LogP contribution in [0.1, 0.15) is 49.8 Å². The second-order valence-corrected chi connectivity index (χ2v) is 8.43. The summed E-state index contributed by atoms with van der Waals surface area (Å²) in [5.41, 5.74) is 1.19. The zero-order valence-electron chi connectivity index (χ0n) is 18.7. The fourth-order valence-corrected chi connectivity index (χ4v) is 4.47. The van der Waals surface area contributed by atoms with Crippen LogP contribution in [0.4, 0.5) is 0 Å². The van der Waals surface area contributed by atoms with Gasteiger partial charge in [-0.1, -0.05) is 84.9 Å². The van der Waals surface area contributed by atoms with Gasteiger partial charge in [-0.3, -0.25) is 9.59 Å². The Morgan fingerprint density at radius 3 is 2.36 bits per heavy atom. The first-order valence-electron chi connectivity index (χ1n) is 11.1. The van der Waals surface area contributed by atoms with E-state index >= 15 is 0 Å². The van der Waals surface area contributed by atoms with E-state index in [2.05, 4.69) is 18.2 Å². The zero-order chi connectivity index (χ0) is 23.8. The highest BCUT2D eigenvalue weighted by Gasteiger charge is 2.46. The van der Waals surface area contributed by atoms with Crippen molar-refractivity contribution in [2.75, 3.05) is 0 Å². The molecule has 1 aliphatic carbocycles. The summed E-state index contributed by atoms with van der Waals surface area (Å²) in [5, 5.41) is 30.9. The first kappa shape index (κ1) is 24.4. The van der Waals surface area contributed by atoms with Crippen molar-refractivity contribution in [3.05, 3.63) is 96.1 Å².